The molecule has 146 valence electrons. The molecule has 0 aliphatic rings. The predicted octanol–water partition coefficient (Wildman–Crippen LogP) is 3.43. The summed E-state index contributed by atoms with van der Waals surface area (Å²) >= 11 is 0. The average Bonchev–Trinajstić information content (AvgIpc) is 2.63. The number of hydrogen-bond acceptors (Lipinski definition) is 4. The van der Waals surface area contributed by atoms with Gasteiger partial charge in [0.2, 0.25) is 10.0 Å². The molecule has 2 aromatic rings. The molecule has 0 fully saturated rings. The second kappa shape index (κ2) is 9.01. The maximum Gasteiger partial charge on any atom is 0.265 e. The molecule has 1 atom stereocenters. The molecule has 0 heterocycles. The summed E-state index contributed by atoms with van der Waals surface area (Å²) in [5.41, 5.74) is 1.56. The third-order valence-electron chi connectivity index (χ3n) is 4.14. The van der Waals surface area contributed by atoms with Gasteiger partial charge in [-0.25, -0.2) is 8.42 Å². The lowest BCUT2D eigenvalue weighted by atomic mass is 10.2. The van der Waals surface area contributed by atoms with Gasteiger partial charge in [-0.2, -0.15) is 4.31 Å². The van der Waals surface area contributed by atoms with Crippen LogP contribution >= 0.6 is 0 Å². The van der Waals surface area contributed by atoms with E-state index in [1.54, 1.807) is 39.0 Å². The summed E-state index contributed by atoms with van der Waals surface area (Å²) < 4.78 is 32.0. The number of amides is 1. The Labute approximate surface area is 161 Å². The van der Waals surface area contributed by atoms with Crippen LogP contribution < -0.4 is 10.1 Å². The van der Waals surface area contributed by atoms with E-state index in [1.165, 1.54) is 16.4 Å². The number of ether oxygens (including phenoxy) is 1. The Hall–Kier alpha value is -2.38. The Morgan fingerprint density at radius 2 is 1.74 bits per heavy atom. The molecule has 2 rings (SSSR count). The van der Waals surface area contributed by atoms with Crippen molar-refractivity contribution in [1.82, 2.24) is 4.31 Å². The third kappa shape index (κ3) is 5.30. The zero-order valence-corrected chi connectivity index (χ0v) is 16.9. The minimum absolute atomic E-state index is 0.202. The highest BCUT2D eigenvalue weighted by molar-refractivity contribution is 7.89. The molecule has 7 heteroatoms. The first kappa shape index (κ1) is 20.9. The van der Waals surface area contributed by atoms with Crippen LogP contribution in [0.2, 0.25) is 0 Å². The number of hydrogen-bond donors (Lipinski definition) is 1. The lowest BCUT2D eigenvalue weighted by molar-refractivity contribution is -0.122. The van der Waals surface area contributed by atoms with Crippen molar-refractivity contribution in [2.45, 2.75) is 38.7 Å². The van der Waals surface area contributed by atoms with E-state index in [2.05, 4.69) is 5.32 Å². The maximum atomic E-state index is 12.5. The van der Waals surface area contributed by atoms with E-state index in [4.69, 9.17) is 4.74 Å². The summed E-state index contributed by atoms with van der Waals surface area (Å²) in [5.74, 6) is 0.314. The van der Waals surface area contributed by atoms with Gasteiger partial charge in [-0.05, 0) is 55.8 Å². The van der Waals surface area contributed by atoms with Gasteiger partial charge < -0.3 is 10.1 Å². The summed E-state index contributed by atoms with van der Waals surface area (Å²) in [6.45, 7) is 8.02. The van der Waals surface area contributed by atoms with Crippen molar-refractivity contribution < 1.29 is 17.9 Å². The van der Waals surface area contributed by atoms with Gasteiger partial charge in [-0.3, -0.25) is 4.79 Å². The van der Waals surface area contributed by atoms with Crippen LogP contribution in [-0.2, 0) is 14.8 Å². The van der Waals surface area contributed by atoms with Crippen molar-refractivity contribution in [1.29, 1.82) is 0 Å². The number of nitrogens with one attached hydrogen (secondary N) is 1. The number of sulfonamides is 1. The fourth-order valence-electron chi connectivity index (χ4n) is 2.61. The van der Waals surface area contributed by atoms with Gasteiger partial charge in [0.05, 0.1) is 4.90 Å². The Kier molecular flexibility index (Phi) is 6.98. The topological polar surface area (TPSA) is 75.7 Å². The zero-order valence-electron chi connectivity index (χ0n) is 16.1. The lowest BCUT2D eigenvalue weighted by Crippen LogP contribution is -2.31. The van der Waals surface area contributed by atoms with Crippen LogP contribution in [-0.4, -0.2) is 37.8 Å². The fraction of sp³-hybridized carbons (Fsp3) is 0.350. The molecule has 0 spiro atoms. The molecule has 0 radical (unpaired) electrons. The molecule has 0 bridgehead atoms. The molecule has 0 unspecified atom stereocenters. The molecule has 1 amide bonds. The van der Waals surface area contributed by atoms with Crippen LogP contribution in [0.1, 0.15) is 26.3 Å². The van der Waals surface area contributed by atoms with Crippen molar-refractivity contribution >= 4 is 21.6 Å². The minimum atomic E-state index is -3.51. The van der Waals surface area contributed by atoms with E-state index in [0.29, 0.717) is 24.5 Å². The first-order valence-electron chi connectivity index (χ1n) is 8.92. The van der Waals surface area contributed by atoms with Crippen LogP contribution in [0.15, 0.2) is 53.4 Å². The summed E-state index contributed by atoms with van der Waals surface area (Å²) in [7, 11) is -3.51. The van der Waals surface area contributed by atoms with Gasteiger partial charge in [-0.1, -0.05) is 26.0 Å². The van der Waals surface area contributed by atoms with E-state index >= 15 is 0 Å². The number of aryl methyl sites for hydroxylation is 1. The van der Waals surface area contributed by atoms with Crippen LogP contribution in [0, 0.1) is 6.92 Å². The van der Waals surface area contributed by atoms with E-state index in [9.17, 15) is 13.2 Å². The van der Waals surface area contributed by atoms with E-state index < -0.39 is 16.1 Å². The van der Waals surface area contributed by atoms with Gasteiger partial charge in [0.15, 0.2) is 6.10 Å². The van der Waals surface area contributed by atoms with E-state index in [1.807, 2.05) is 25.1 Å². The van der Waals surface area contributed by atoms with E-state index in [0.717, 1.165) is 5.56 Å². The highest BCUT2D eigenvalue weighted by Gasteiger charge is 2.21. The molecule has 1 N–H and O–H groups in total. The average molecular weight is 391 g/mol. The number of carbonyl (C=O) groups is 1. The largest absolute Gasteiger partial charge is 0.481 e. The van der Waals surface area contributed by atoms with Crippen LogP contribution in [0.25, 0.3) is 0 Å². The Morgan fingerprint density at radius 3 is 2.30 bits per heavy atom. The van der Waals surface area contributed by atoms with Crippen molar-refractivity contribution in [2.75, 3.05) is 18.4 Å². The normalized spacial score (nSPS) is 12.6. The van der Waals surface area contributed by atoms with Gasteiger partial charge in [0.25, 0.3) is 5.91 Å². The molecular weight excluding hydrogens is 364 g/mol. The van der Waals surface area contributed by atoms with Crippen LogP contribution in [0.4, 0.5) is 5.69 Å². The van der Waals surface area contributed by atoms with Crippen molar-refractivity contribution in [3.8, 4) is 5.75 Å². The van der Waals surface area contributed by atoms with Crippen molar-refractivity contribution in [3.63, 3.8) is 0 Å². The number of rotatable bonds is 8. The quantitative estimate of drug-likeness (QED) is 0.749. The SMILES string of the molecule is CCN(CC)S(=O)(=O)c1ccc(NC(=O)[C@@H](C)Oc2cccc(C)c2)cc1. The van der Waals surface area contributed by atoms with Crippen molar-refractivity contribution in [2.24, 2.45) is 0 Å². The van der Waals surface area contributed by atoms with E-state index in [-0.39, 0.29) is 10.8 Å². The second-order valence-electron chi connectivity index (χ2n) is 6.18. The standard InChI is InChI=1S/C20H26N2O4S/c1-5-22(6-2)27(24,25)19-12-10-17(11-13-19)21-20(23)16(4)26-18-9-7-8-15(3)14-18/h7-14,16H,5-6H2,1-4H3,(H,21,23)/t16-/m1/s1. The molecule has 6 nitrogen and oxygen atoms in total. The van der Waals surface area contributed by atoms with Gasteiger partial charge in [-0.15, -0.1) is 0 Å². The molecule has 0 saturated heterocycles. The monoisotopic (exact) mass is 390 g/mol. The molecule has 0 aliphatic carbocycles. The van der Waals surface area contributed by atoms with Crippen molar-refractivity contribution in [3.05, 3.63) is 54.1 Å². The minimum Gasteiger partial charge on any atom is -0.481 e. The summed E-state index contributed by atoms with van der Waals surface area (Å²) in [6, 6.07) is 13.6. The van der Waals surface area contributed by atoms with Gasteiger partial charge in [0, 0.05) is 18.8 Å². The number of carbonyl (C=O) groups excluding carboxylic acids is 1. The zero-order chi connectivity index (χ0) is 20.0. The fourth-order valence-corrected chi connectivity index (χ4v) is 4.07. The highest BCUT2D eigenvalue weighted by Crippen LogP contribution is 2.19. The number of benzene rings is 2. The van der Waals surface area contributed by atoms with Crippen LogP contribution in [0.5, 0.6) is 5.75 Å². The molecule has 2 aromatic carbocycles. The Balaban J connectivity index is 2.04. The first-order chi connectivity index (χ1) is 12.8. The van der Waals surface area contributed by atoms with Gasteiger partial charge in [0.1, 0.15) is 5.75 Å². The molecule has 0 saturated carbocycles. The third-order valence-corrected chi connectivity index (χ3v) is 6.20. The smallest absolute Gasteiger partial charge is 0.265 e. The summed E-state index contributed by atoms with van der Waals surface area (Å²) in [5, 5.41) is 2.74. The predicted molar refractivity (Wildman–Crippen MR) is 106 cm³/mol. The number of nitrogens with zero attached hydrogens (tertiary/aromatic N) is 1. The maximum absolute atomic E-state index is 12.5. The van der Waals surface area contributed by atoms with Gasteiger partial charge >= 0.3 is 0 Å². The lowest BCUT2D eigenvalue weighted by Gasteiger charge is -2.19. The number of anilines is 1. The molecule has 0 aromatic heterocycles. The summed E-state index contributed by atoms with van der Waals surface area (Å²) in [4.78, 5) is 12.5. The summed E-state index contributed by atoms with van der Waals surface area (Å²) in [6.07, 6.45) is -0.689. The molecule has 0 aliphatic heterocycles. The Bertz CT molecular complexity index is 875. The Morgan fingerprint density at radius 1 is 1.11 bits per heavy atom. The molecular formula is C20H26N2O4S. The second-order valence-corrected chi connectivity index (χ2v) is 8.12. The first-order valence-corrected chi connectivity index (χ1v) is 10.4. The van der Waals surface area contributed by atoms with Crippen LogP contribution in [0.3, 0.4) is 0 Å². The highest BCUT2D eigenvalue weighted by atomic mass is 32.2. The molecule has 27 heavy (non-hydrogen) atoms.